The molecule has 23 heavy (non-hydrogen) atoms. The van der Waals surface area contributed by atoms with E-state index in [1.54, 1.807) is 6.20 Å². The molecule has 0 spiro atoms. The van der Waals surface area contributed by atoms with Gasteiger partial charge < -0.3 is 9.42 Å². The number of nitrogens with zero attached hydrogens (tertiary/aromatic N) is 4. The average Bonchev–Trinajstić information content (AvgIpc) is 3.26. The number of pyridine rings is 1. The first kappa shape index (κ1) is 13.9. The molecule has 0 N–H and O–H groups in total. The second-order valence-electron chi connectivity index (χ2n) is 5.72. The lowest BCUT2D eigenvalue weighted by atomic mass is 10.0. The van der Waals surface area contributed by atoms with Crippen LogP contribution in [0.4, 0.5) is 0 Å². The Morgan fingerprint density at radius 3 is 3.09 bits per heavy atom. The molecule has 1 aliphatic heterocycles. The van der Waals surface area contributed by atoms with Gasteiger partial charge in [-0.3, -0.25) is 9.78 Å². The third-order valence-corrected chi connectivity index (χ3v) is 4.33. The number of rotatable bonds is 3. The van der Waals surface area contributed by atoms with E-state index in [9.17, 15) is 4.79 Å². The van der Waals surface area contributed by atoms with Gasteiger partial charge in [-0.25, -0.2) is 0 Å². The van der Waals surface area contributed by atoms with Crippen LogP contribution in [0.15, 0.2) is 47.5 Å². The normalized spacial score (nSPS) is 17.7. The molecular formula is C17H16N4O2. The van der Waals surface area contributed by atoms with Crippen LogP contribution in [0.3, 0.4) is 0 Å². The summed E-state index contributed by atoms with van der Waals surface area (Å²) in [6.07, 6.45) is 7.12. The number of aromatic nitrogens is 3. The van der Waals surface area contributed by atoms with Gasteiger partial charge in [0.15, 0.2) is 6.33 Å². The molecule has 0 unspecified atom stereocenters. The van der Waals surface area contributed by atoms with E-state index in [0.717, 1.165) is 35.7 Å². The van der Waals surface area contributed by atoms with Crippen LogP contribution in [0.1, 0.15) is 30.3 Å². The Labute approximate surface area is 133 Å². The highest BCUT2D eigenvalue weighted by Gasteiger charge is 2.33. The van der Waals surface area contributed by atoms with Gasteiger partial charge in [0, 0.05) is 24.3 Å². The largest absolute Gasteiger partial charge is 0.337 e. The Balaban J connectivity index is 1.59. The average molecular weight is 308 g/mol. The van der Waals surface area contributed by atoms with Crippen molar-refractivity contribution in [3.05, 3.63) is 54.4 Å². The van der Waals surface area contributed by atoms with Gasteiger partial charge in [0.25, 0.3) is 0 Å². The maximum atomic E-state index is 12.8. The minimum absolute atomic E-state index is 0.0730. The van der Waals surface area contributed by atoms with Crippen LogP contribution < -0.4 is 0 Å². The van der Waals surface area contributed by atoms with E-state index in [0.29, 0.717) is 12.3 Å². The van der Waals surface area contributed by atoms with Crippen LogP contribution in [0, 0.1) is 0 Å². The highest BCUT2D eigenvalue weighted by molar-refractivity contribution is 5.89. The van der Waals surface area contributed by atoms with E-state index < -0.39 is 0 Å². The number of likely N-dealkylation sites (tertiary alicyclic amines) is 1. The molecule has 1 atom stereocenters. The molecule has 6 nitrogen and oxygen atoms in total. The van der Waals surface area contributed by atoms with Crippen LogP contribution in [-0.2, 0) is 11.2 Å². The Hall–Kier alpha value is -2.76. The summed E-state index contributed by atoms with van der Waals surface area (Å²) in [5.74, 6) is 0.593. The number of hydrogen-bond donors (Lipinski definition) is 0. The topological polar surface area (TPSA) is 72.1 Å². The van der Waals surface area contributed by atoms with Crippen molar-refractivity contribution in [2.24, 2.45) is 0 Å². The zero-order valence-corrected chi connectivity index (χ0v) is 12.6. The maximum Gasteiger partial charge on any atom is 0.249 e. The second-order valence-corrected chi connectivity index (χ2v) is 5.72. The zero-order valence-electron chi connectivity index (χ0n) is 12.6. The molecule has 1 amide bonds. The summed E-state index contributed by atoms with van der Waals surface area (Å²) >= 11 is 0. The third kappa shape index (κ3) is 2.56. The molecule has 4 rings (SSSR count). The first-order valence-electron chi connectivity index (χ1n) is 7.70. The molecule has 0 saturated carbocycles. The lowest BCUT2D eigenvalue weighted by molar-refractivity contribution is -0.131. The smallest absolute Gasteiger partial charge is 0.249 e. The van der Waals surface area contributed by atoms with E-state index in [4.69, 9.17) is 4.52 Å². The van der Waals surface area contributed by atoms with Crippen molar-refractivity contribution in [3.8, 4) is 0 Å². The number of benzene rings is 1. The van der Waals surface area contributed by atoms with Gasteiger partial charge in [0.1, 0.15) is 6.04 Å². The summed E-state index contributed by atoms with van der Waals surface area (Å²) in [5, 5.41) is 5.77. The molecule has 116 valence electrons. The van der Waals surface area contributed by atoms with Crippen molar-refractivity contribution in [3.63, 3.8) is 0 Å². The molecule has 0 bridgehead atoms. The lowest BCUT2D eigenvalue weighted by Gasteiger charge is -2.22. The molecule has 0 aliphatic carbocycles. The van der Waals surface area contributed by atoms with Crippen LogP contribution in [0.25, 0.3) is 10.8 Å². The van der Waals surface area contributed by atoms with Gasteiger partial charge >= 0.3 is 0 Å². The standard InChI is InChI=1S/C17H16N4O2/c22-16(21-7-3-6-15(21)17-19-11-20-23-17)8-13-10-18-9-12-4-1-2-5-14(12)13/h1-2,4-5,9-11,15H,3,6-8H2/t15-/m0/s1. The summed E-state index contributed by atoms with van der Waals surface area (Å²) in [7, 11) is 0. The summed E-state index contributed by atoms with van der Waals surface area (Å²) in [5.41, 5.74) is 0.948. The fourth-order valence-electron chi connectivity index (χ4n) is 3.23. The predicted molar refractivity (Wildman–Crippen MR) is 83.4 cm³/mol. The molecule has 1 fully saturated rings. The molecule has 1 aliphatic rings. The van der Waals surface area contributed by atoms with Crippen molar-refractivity contribution in [1.29, 1.82) is 0 Å². The third-order valence-electron chi connectivity index (χ3n) is 4.33. The molecule has 1 saturated heterocycles. The quantitative estimate of drug-likeness (QED) is 0.743. The van der Waals surface area contributed by atoms with Crippen LogP contribution in [0.5, 0.6) is 0 Å². The number of fused-ring (bicyclic) bond motifs is 1. The minimum Gasteiger partial charge on any atom is -0.337 e. The molecule has 3 aromatic rings. The van der Waals surface area contributed by atoms with E-state index in [-0.39, 0.29) is 11.9 Å². The number of carbonyl (C=O) groups is 1. The fourth-order valence-corrected chi connectivity index (χ4v) is 3.23. The first-order chi connectivity index (χ1) is 11.3. The highest BCUT2D eigenvalue weighted by Crippen LogP contribution is 2.31. The van der Waals surface area contributed by atoms with Gasteiger partial charge in [-0.15, -0.1) is 0 Å². The Morgan fingerprint density at radius 2 is 2.22 bits per heavy atom. The van der Waals surface area contributed by atoms with Gasteiger partial charge in [0.05, 0.1) is 6.42 Å². The lowest BCUT2D eigenvalue weighted by Crippen LogP contribution is -2.32. The molecule has 0 radical (unpaired) electrons. The number of hydrogen-bond acceptors (Lipinski definition) is 5. The fraction of sp³-hybridized carbons (Fsp3) is 0.294. The van der Waals surface area contributed by atoms with Crippen molar-refractivity contribution in [2.75, 3.05) is 6.54 Å². The van der Waals surface area contributed by atoms with Crippen LogP contribution in [-0.4, -0.2) is 32.5 Å². The molecule has 3 heterocycles. The summed E-state index contributed by atoms with van der Waals surface area (Å²) in [6.45, 7) is 0.726. The van der Waals surface area contributed by atoms with E-state index in [1.165, 1.54) is 6.33 Å². The van der Waals surface area contributed by atoms with E-state index in [2.05, 4.69) is 15.1 Å². The van der Waals surface area contributed by atoms with Gasteiger partial charge in [-0.1, -0.05) is 29.4 Å². The summed E-state index contributed by atoms with van der Waals surface area (Å²) in [6, 6.07) is 7.88. The SMILES string of the molecule is O=C(Cc1cncc2ccccc12)N1CCC[C@H]1c1ncno1. The minimum atomic E-state index is -0.104. The predicted octanol–water partition coefficient (Wildman–Crippen LogP) is 2.52. The van der Waals surface area contributed by atoms with Gasteiger partial charge in [0.2, 0.25) is 11.8 Å². The molecule has 6 heteroatoms. The van der Waals surface area contributed by atoms with Crippen LogP contribution >= 0.6 is 0 Å². The van der Waals surface area contributed by atoms with Crippen molar-refractivity contribution < 1.29 is 9.32 Å². The summed E-state index contributed by atoms with van der Waals surface area (Å²) in [4.78, 5) is 23.0. The van der Waals surface area contributed by atoms with Crippen molar-refractivity contribution >= 4 is 16.7 Å². The zero-order chi connectivity index (χ0) is 15.6. The molecule has 1 aromatic carbocycles. The molecule has 2 aromatic heterocycles. The highest BCUT2D eigenvalue weighted by atomic mass is 16.5. The Bertz CT molecular complexity index is 826. The monoisotopic (exact) mass is 308 g/mol. The molecular weight excluding hydrogens is 292 g/mol. The number of amides is 1. The van der Waals surface area contributed by atoms with Crippen molar-refractivity contribution in [1.82, 2.24) is 20.0 Å². The van der Waals surface area contributed by atoms with Crippen molar-refractivity contribution in [2.45, 2.75) is 25.3 Å². The summed E-state index contributed by atoms with van der Waals surface area (Å²) < 4.78 is 5.15. The van der Waals surface area contributed by atoms with E-state index >= 15 is 0 Å². The Kier molecular flexibility index (Phi) is 3.49. The maximum absolute atomic E-state index is 12.8. The van der Waals surface area contributed by atoms with Gasteiger partial charge in [-0.05, 0) is 23.8 Å². The first-order valence-corrected chi connectivity index (χ1v) is 7.70. The van der Waals surface area contributed by atoms with E-state index in [1.807, 2.05) is 35.4 Å². The second kappa shape index (κ2) is 5.79. The Morgan fingerprint density at radius 1 is 1.30 bits per heavy atom. The van der Waals surface area contributed by atoms with Crippen LogP contribution in [0.2, 0.25) is 0 Å². The van der Waals surface area contributed by atoms with Gasteiger partial charge in [-0.2, -0.15) is 4.98 Å². The number of carbonyl (C=O) groups excluding carboxylic acids is 1.